The molecule has 3 heteroatoms. The average Bonchev–Trinajstić information content (AvgIpc) is 1.83. The van der Waals surface area contributed by atoms with Gasteiger partial charge in [0, 0.05) is 7.05 Å². The lowest BCUT2D eigenvalue weighted by molar-refractivity contribution is -0.556. The molecule has 0 rings (SSSR count). The minimum atomic E-state index is 0.0202. The Bertz CT molecular complexity index is 72.8. The van der Waals surface area contributed by atoms with Crippen LogP contribution < -0.4 is 10.6 Å². The second-order valence-electron chi connectivity index (χ2n) is 1.61. The summed E-state index contributed by atoms with van der Waals surface area (Å²) < 4.78 is 0. The summed E-state index contributed by atoms with van der Waals surface area (Å²) >= 11 is 0. The highest BCUT2D eigenvalue weighted by molar-refractivity contribution is 5.62. The quantitative estimate of drug-likeness (QED) is 0.493. The fourth-order valence-corrected chi connectivity index (χ4v) is 0.377. The largest absolute Gasteiger partial charge is 0.413 e. The number of carbonyl (C=O) groups excluding carboxylic acids is 1. The lowest BCUT2D eigenvalue weighted by atomic mass is 10.5. The average molecular weight is 117 g/mol. The maximum atomic E-state index is 10.4. The Morgan fingerprint density at radius 2 is 2.38 bits per heavy atom. The third-order valence-corrected chi connectivity index (χ3v) is 0.865. The van der Waals surface area contributed by atoms with Crippen molar-refractivity contribution >= 4 is 6.03 Å². The Labute approximate surface area is 49.5 Å². The number of nitrogens with two attached hydrogens (primary N) is 1. The molecular weight excluding hydrogens is 104 g/mol. The van der Waals surface area contributed by atoms with Crippen molar-refractivity contribution in [2.24, 2.45) is 0 Å². The second kappa shape index (κ2) is 4.59. The van der Waals surface area contributed by atoms with Crippen LogP contribution in [0.2, 0.25) is 0 Å². The lowest BCUT2D eigenvalue weighted by Crippen LogP contribution is -2.90. The molecule has 0 saturated carbocycles. The van der Waals surface area contributed by atoms with E-state index < -0.39 is 0 Å². The van der Waals surface area contributed by atoms with Gasteiger partial charge >= 0.3 is 6.03 Å². The maximum Gasteiger partial charge on any atom is 0.413 e. The lowest BCUT2D eigenvalue weighted by Gasteiger charge is -1.92. The van der Waals surface area contributed by atoms with Crippen LogP contribution in [0.15, 0.2) is 0 Å². The molecule has 0 fully saturated rings. The van der Waals surface area contributed by atoms with E-state index in [4.69, 9.17) is 0 Å². The Morgan fingerprint density at radius 1 is 1.75 bits per heavy atom. The number of hydrogen-bond donors (Lipinski definition) is 2. The number of primary amides is 1. The molecule has 2 amide bonds. The molecule has 0 saturated heterocycles. The van der Waals surface area contributed by atoms with E-state index in [1.807, 2.05) is 6.92 Å². The third-order valence-electron chi connectivity index (χ3n) is 0.865. The first-order valence-corrected chi connectivity index (χ1v) is 2.86. The summed E-state index contributed by atoms with van der Waals surface area (Å²) in [5.41, 5.74) is 0. The van der Waals surface area contributed by atoms with Crippen molar-refractivity contribution < 1.29 is 10.1 Å². The van der Waals surface area contributed by atoms with Crippen LogP contribution in [0.25, 0.3) is 0 Å². The molecule has 0 aromatic carbocycles. The SMILES string of the molecule is CCC[NH2+]C(=O)NC. The molecule has 0 spiro atoms. The van der Waals surface area contributed by atoms with Gasteiger partial charge in [0.25, 0.3) is 0 Å². The Hall–Kier alpha value is -0.570. The smallest absolute Gasteiger partial charge is 0.309 e. The fourth-order valence-electron chi connectivity index (χ4n) is 0.377. The van der Waals surface area contributed by atoms with E-state index in [2.05, 4.69) is 5.32 Å². The molecule has 8 heavy (non-hydrogen) atoms. The van der Waals surface area contributed by atoms with Gasteiger partial charge in [0.05, 0.1) is 6.54 Å². The van der Waals surface area contributed by atoms with Gasteiger partial charge in [-0.3, -0.25) is 5.32 Å². The summed E-state index contributed by atoms with van der Waals surface area (Å²) in [5.74, 6) is 0. The molecular formula is C5H13N2O+. The molecule has 0 heterocycles. The van der Waals surface area contributed by atoms with E-state index in [-0.39, 0.29) is 6.03 Å². The van der Waals surface area contributed by atoms with E-state index >= 15 is 0 Å². The monoisotopic (exact) mass is 117 g/mol. The molecule has 0 bridgehead atoms. The van der Waals surface area contributed by atoms with Gasteiger partial charge in [0.2, 0.25) is 0 Å². The Kier molecular flexibility index (Phi) is 4.26. The van der Waals surface area contributed by atoms with Gasteiger partial charge in [-0.1, -0.05) is 6.92 Å². The maximum absolute atomic E-state index is 10.4. The Balaban J connectivity index is 2.99. The van der Waals surface area contributed by atoms with Crippen LogP contribution in [0.4, 0.5) is 4.79 Å². The molecule has 0 aromatic rings. The number of carbonyl (C=O) groups is 1. The van der Waals surface area contributed by atoms with Gasteiger partial charge in [0.1, 0.15) is 0 Å². The van der Waals surface area contributed by atoms with Crippen LogP contribution in [0.5, 0.6) is 0 Å². The van der Waals surface area contributed by atoms with Gasteiger partial charge in [-0.15, -0.1) is 0 Å². The van der Waals surface area contributed by atoms with Gasteiger partial charge in [-0.2, -0.15) is 0 Å². The minimum absolute atomic E-state index is 0.0202. The topological polar surface area (TPSA) is 45.7 Å². The first-order valence-electron chi connectivity index (χ1n) is 2.86. The van der Waals surface area contributed by atoms with Crippen molar-refractivity contribution in [3.8, 4) is 0 Å². The minimum Gasteiger partial charge on any atom is -0.309 e. The summed E-state index contributed by atoms with van der Waals surface area (Å²) in [5, 5.41) is 4.16. The van der Waals surface area contributed by atoms with Crippen LogP contribution in [-0.4, -0.2) is 19.6 Å². The van der Waals surface area contributed by atoms with E-state index in [0.29, 0.717) is 0 Å². The number of hydrogen-bond acceptors (Lipinski definition) is 1. The zero-order valence-corrected chi connectivity index (χ0v) is 5.40. The zero-order valence-electron chi connectivity index (χ0n) is 5.40. The van der Waals surface area contributed by atoms with Crippen molar-refractivity contribution in [3.05, 3.63) is 0 Å². The number of amides is 2. The molecule has 0 aliphatic heterocycles. The summed E-state index contributed by atoms with van der Waals surface area (Å²) in [7, 11) is 1.63. The van der Waals surface area contributed by atoms with Crippen LogP contribution in [0, 0.1) is 0 Å². The third kappa shape index (κ3) is 3.61. The highest BCUT2D eigenvalue weighted by Crippen LogP contribution is 1.58. The molecule has 0 aromatic heterocycles. The standard InChI is InChI=1S/C5H12N2O/c1-3-4-7-5(8)6-2/h3-4H2,1-2H3,(H2,6,7,8)/p+1. The normalized spacial score (nSPS) is 8.75. The summed E-state index contributed by atoms with van der Waals surface area (Å²) in [4.78, 5) is 10.4. The first-order chi connectivity index (χ1) is 3.81. The summed E-state index contributed by atoms with van der Waals surface area (Å²) in [6.45, 7) is 2.92. The fraction of sp³-hybridized carbons (Fsp3) is 0.800. The first kappa shape index (κ1) is 7.43. The summed E-state index contributed by atoms with van der Waals surface area (Å²) in [6, 6.07) is 0.0202. The predicted octanol–water partition coefficient (Wildman–Crippen LogP) is -0.701. The number of rotatable bonds is 2. The van der Waals surface area contributed by atoms with Crippen molar-refractivity contribution in [1.29, 1.82) is 0 Å². The van der Waals surface area contributed by atoms with Gasteiger partial charge in [-0.25, -0.2) is 4.79 Å². The number of nitrogens with one attached hydrogen (secondary N) is 1. The van der Waals surface area contributed by atoms with E-state index in [0.717, 1.165) is 13.0 Å². The highest BCUT2D eigenvalue weighted by atomic mass is 16.2. The van der Waals surface area contributed by atoms with Crippen LogP contribution in [-0.2, 0) is 0 Å². The van der Waals surface area contributed by atoms with Gasteiger partial charge < -0.3 is 5.32 Å². The van der Waals surface area contributed by atoms with E-state index in [9.17, 15) is 4.79 Å². The van der Waals surface area contributed by atoms with Crippen LogP contribution in [0.1, 0.15) is 13.3 Å². The molecule has 0 aliphatic carbocycles. The molecule has 0 radical (unpaired) electrons. The van der Waals surface area contributed by atoms with E-state index in [1.54, 1.807) is 12.4 Å². The predicted molar refractivity (Wildman–Crippen MR) is 31.5 cm³/mol. The second-order valence-corrected chi connectivity index (χ2v) is 1.61. The molecule has 48 valence electrons. The van der Waals surface area contributed by atoms with Crippen molar-refractivity contribution in [2.75, 3.05) is 13.6 Å². The van der Waals surface area contributed by atoms with Crippen molar-refractivity contribution in [3.63, 3.8) is 0 Å². The molecule has 0 aliphatic rings. The summed E-state index contributed by atoms with van der Waals surface area (Å²) in [6.07, 6.45) is 1.04. The molecule has 0 atom stereocenters. The number of quaternary nitrogens is 1. The van der Waals surface area contributed by atoms with Crippen molar-refractivity contribution in [1.82, 2.24) is 5.32 Å². The highest BCUT2D eigenvalue weighted by Gasteiger charge is 1.95. The number of urea groups is 1. The van der Waals surface area contributed by atoms with Crippen molar-refractivity contribution in [2.45, 2.75) is 13.3 Å². The molecule has 3 N–H and O–H groups in total. The molecule has 0 unspecified atom stereocenters. The van der Waals surface area contributed by atoms with Crippen LogP contribution in [0.3, 0.4) is 0 Å². The van der Waals surface area contributed by atoms with Gasteiger partial charge in [0.15, 0.2) is 0 Å². The Morgan fingerprint density at radius 3 is 2.75 bits per heavy atom. The van der Waals surface area contributed by atoms with Gasteiger partial charge in [-0.05, 0) is 6.42 Å². The molecule has 3 nitrogen and oxygen atoms in total. The van der Waals surface area contributed by atoms with E-state index in [1.165, 1.54) is 0 Å². The van der Waals surface area contributed by atoms with Crippen LogP contribution >= 0.6 is 0 Å². The zero-order chi connectivity index (χ0) is 6.41.